The van der Waals surface area contributed by atoms with Crippen LogP contribution in [0.4, 0.5) is 10.1 Å². The third kappa shape index (κ3) is 5.38. The highest BCUT2D eigenvalue weighted by Crippen LogP contribution is 2.33. The van der Waals surface area contributed by atoms with Crippen molar-refractivity contribution in [2.24, 2.45) is 0 Å². The van der Waals surface area contributed by atoms with Crippen molar-refractivity contribution in [1.29, 1.82) is 0 Å². The number of nitrogens with one attached hydrogen (secondary N) is 1. The first-order valence-corrected chi connectivity index (χ1v) is 13.2. The number of ether oxygens (including phenoxy) is 1. The van der Waals surface area contributed by atoms with Crippen LogP contribution < -0.4 is 14.4 Å². The molecule has 0 spiro atoms. The van der Waals surface area contributed by atoms with Crippen molar-refractivity contribution >= 4 is 27.0 Å². The molecule has 0 aliphatic carbocycles. The molecule has 176 valence electrons. The summed E-state index contributed by atoms with van der Waals surface area (Å²) < 4.78 is 47.5. The number of hydrogen-bond donors (Lipinski definition) is 1. The van der Waals surface area contributed by atoms with Gasteiger partial charge in [-0.1, -0.05) is 18.2 Å². The number of anilines is 1. The number of para-hydroxylation sites is 2. The first kappa shape index (κ1) is 23.7. The monoisotopic (exact) mass is 489 g/mol. The van der Waals surface area contributed by atoms with Crippen molar-refractivity contribution in [2.45, 2.75) is 23.9 Å². The Morgan fingerprint density at radius 3 is 2.33 bits per heavy atom. The molecule has 1 aliphatic heterocycles. The Balaban J connectivity index is 1.51. The van der Waals surface area contributed by atoms with Crippen LogP contribution in [-0.4, -0.2) is 52.6 Å². The predicted octanol–water partition coefficient (Wildman–Crippen LogP) is 4.13. The molecule has 2 heterocycles. The van der Waals surface area contributed by atoms with Gasteiger partial charge in [0, 0.05) is 37.1 Å². The van der Waals surface area contributed by atoms with Crippen LogP contribution in [-0.2, 0) is 10.0 Å². The molecule has 0 radical (unpaired) electrons. The van der Waals surface area contributed by atoms with Gasteiger partial charge in [-0.2, -0.15) is 0 Å². The van der Waals surface area contributed by atoms with Gasteiger partial charge in [0.1, 0.15) is 11.6 Å². The molecule has 0 amide bonds. The van der Waals surface area contributed by atoms with E-state index >= 15 is 0 Å². The minimum Gasteiger partial charge on any atom is -0.495 e. The highest BCUT2D eigenvalue weighted by atomic mass is 32.2. The Hall–Kier alpha value is -2.46. The molecule has 0 bridgehead atoms. The van der Waals surface area contributed by atoms with E-state index in [1.54, 1.807) is 18.4 Å². The summed E-state index contributed by atoms with van der Waals surface area (Å²) in [5.41, 5.74) is 1.07. The van der Waals surface area contributed by atoms with E-state index in [2.05, 4.69) is 20.6 Å². The van der Waals surface area contributed by atoms with Gasteiger partial charge < -0.3 is 9.64 Å². The molecule has 1 saturated heterocycles. The summed E-state index contributed by atoms with van der Waals surface area (Å²) in [5, 5.41) is 2.01. The number of piperazine rings is 1. The van der Waals surface area contributed by atoms with Gasteiger partial charge >= 0.3 is 0 Å². The summed E-state index contributed by atoms with van der Waals surface area (Å²) in [7, 11) is -2.10. The fourth-order valence-electron chi connectivity index (χ4n) is 4.33. The fraction of sp³-hybridized carbons (Fsp3) is 0.333. The minimum atomic E-state index is -3.78. The molecule has 6 nitrogen and oxygen atoms in total. The van der Waals surface area contributed by atoms with Crippen LogP contribution in [0.5, 0.6) is 5.75 Å². The number of rotatable bonds is 8. The lowest BCUT2D eigenvalue weighted by molar-refractivity contribution is 0.163. The zero-order valence-corrected chi connectivity index (χ0v) is 20.3. The number of halogens is 1. The van der Waals surface area contributed by atoms with Crippen molar-refractivity contribution in [3.8, 4) is 5.75 Å². The van der Waals surface area contributed by atoms with Crippen molar-refractivity contribution in [1.82, 2.24) is 9.62 Å². The van der Waals surface area contributed by atoms with Gasteiger partial charge in [-0.3, -0.25) is 4.90 Å². The summed E-state index contributed by atoms with van der Waals surface area (Å²) in [6.45, 7) is 5.06. The molecule has 1 fully saturated rings. The topological polar surface area (TPSA) is 61.9 Å². The van der Waals surface area contributed by atoms with Crippen molar-refractivity contribution in [3.05, 3.63) is 76.7 Å². The van der Waals surface area contributed by atoms with Crippen LogP contribution >= 0.6 is 11.3 Å². The quantitative estimate of drug-likeness (QED) is 0.516. The van der Waals surface area contributed by atoms with Crippen molar-refractivity contribution in [2.75, 3.05) is 38.2 Å². The second kappa shape index (κ2) is 10.2. The van der Waals surface area contributed by atoms with Crippen LogP contribution in [0.25, 0.3) is 0 Å². The molecule has 2 aromatic carbocycles. The Labute approximate surface area is 198 Å². The van der Waals surface area contributed by atoms with Gasteiger partial charge in [0.15, 0.2) is 0 Å². The summed E-state index contributed by atoms with van der Waals surface area (Å²) in [6, 6.07) is 16.4. The van der Waals surface area contributed by atoms with E-state index in [0.717, 1.165) is 54.6 Å². The van der Waals surface area contributed by atoms with Crippen LogP contribution in [0.15, 0.2) is 70.9 Å². The van der Waals surface area contributed by atoms with E-state index in [4.69, 9.17) is 4.74 Å². The Bertz CT molecular complexity index is 1150. The number of sulfonamides is 1. The zero-order chi connectivity index (χ0) is 23.4. The maximum atomic E-state index is 13.3. The van der Waals surface area contributed by atoms with Gasteiger partial charge in [-0.25, -0.2) is 17.5 Å². The SMILES string of the molecule is COc1ccccc1N1CCN([C@@H](c2cccs2)[C@@H](C)NS(=O)(=O)c2ccc(F)cc2)CC1. The maximum absolute atomic E-state index is 13.3. The molecule has 2 atom stereocenters. The second-order valence-electron chi connectivity index (χ2n) is 8.02. The lowest BCUT2D eigenvalue weighted by atomic mass is 10.1. The standard InChI is InChI=1S/C24H28FN3O3S2/c1-18(26-33(29,30)20-11-9-19(25)10-12-20)24(23-8-5-17-32-23)28-15-13-27(14-16-28)21-6-3-4-7-22(21)31-2/h3-12,17-18,24,26H,13-16H2,1-2H3/t18-,24-/m1/s1. The summed E-state index contributed by atoms with van der Waals surface area (Å²) in [6.07, 6.45) is 0. The first-order valence-electron chi connectivity index (χ1n) is 10.8. The number of benzene rings is 2. The molecule has 1 aliphatic rings. The predicted molar refractivity (Wildman–Crippen MR) is 130 cm³/mol. The number of thiophene rings is 1. The summed E-state index contributed by atoms with van der Waals surface area (Å²) in [4.78, 5) is 5.79. The van der Waals surface area contributed by atoms with Crippen LogP contribution in [0.1, 0.15) is 17.8 Å². The van der Waals surface area contributed by atoms with Crippen molar-refractivity contribution in [3.63, 3.8) is 0 Å². The molecule has 4 rings (SSSR count). The average Bonchev–Trinajstić information content (AvgIpc) is 3.34. The molecule has 0 unspecified atom stereocenters. The Kier molecular flexibility index (Phi) is 7.33. The molecule has 3 aromatic rings. The van der Waals surface area contributed by atoms with E-state index in [1.807, 2.05) is 42.6 Å². The smallest absolute Gasteiger partial charge is 0.240 e. The summed E-state index contributed by atoms with van der Waals surface area (Å²) >= 11 is 1.62. The number of hydrogen-bond acceptors (Lipinski definition) is 6. The normalized spacial score (nSPS) is 17.0. The largest absolute Gasteiger partial charge is 0.495 e. The van der Waals surface area contributed by atoms with E-state index in [-0.39, 0.29) is 17.0 Å². The Morgan fingerprint density at radius 1 is 1.00 bits per heavy atom. The van der Waals surface area contributed by atoms with E-state index in [0.29, 0.717) is 0 Å². The molecule has 0 saturated carbocycles. The number of methoxy groups -OCH3 is 1. The highest BCUT2D eigenvalue weighted by Gasteiger charge is 2.33. The zero-order valence-electron chi connectivity index (χ0n) is 18.6. The average molecular weight is 490 g/mol. The van der Waals surface area contributed by atoms with Gasteiger partial charge in [0.05, 0.1) is 23.7 Å². The Morgan fingerprint density at radius 2 is 1.70 bits per heavy atom. The van der Waals surface area contributed by atoms with Crippen molar-refractivity contribution < 1.29 is 17.5 Å². The van der Waals surface area contributed by atoms with Gasteiger partial charge in [0.2, 0.25) is 10.0 Å². The maximum Gasteiger partial charge on any atom is 0.240 e. The van der Waals surface area contributed by atoms with Gasteiger partial charge in [-0.15, -0.1) is 11.3 Å². The summed E-state index contributed by atoms with van der Waals surface area (Å²) in [5.74, 6) is 0.382. The third-order valence-corrected chi connectivity index (χ3v) is 8.42. The third-order valence-electron chi connectivity index (χ3n) is 5.91. The lowest BCUT2D eigenvalue weighted by Crippen LogP contribution is -2.52. The first-order chi connectivity index (χ1) is 15.9. The molecule has 33 heavy (non-hydrogen) atoms. The van der Waals surface area contributed by atoms with Crippen LogP contribution in [0, 0.1) is 5.82 Å². The van der Waals surface area contributed by atoms with Crippen LogP contribution in [0.2, 0.25) is 0 Å². The molecular formula is C24H28FN3O3S2. The molecule has 1 N–H and O–H groups in total. The van der Waals surface area contributed by atoms with Gasteiger partial charge in [-0.05, 0) is 54.8 Å². The molecule has 9 heteroatoms. The molecular weight excluding hydrogens is 461 g/mol. The van der Waals surface area contributed by atoms with Crippen LogP contribution in [0.3, 0.4) is 0 Å². The van der Waals surface area contributed by atoms with E-state index in [9.17, 15) is 12.8 Å². The highest BCUT2D eigenvalue weighted by molar-refractivity contribution is 7.89. The van der Waals surface area contributed by atoms with Gasteiger partial charge in [0.25, 0.3) is 0 Å². The fourth-order valence-corrected chi connectivity index (χ4v) is 6.54. The molecule has 1 aromatic heterocycles. The number of nitrogens with zero attached hydrogens (tertiary/aromatic N) is 2. The van der Waals surface area contributed by atoms with E-state index in [1.165, 1.54) is 12.1 Å². The van der Waals surface area contributed by atoms with E-state index < -0.39 is 15.8 Å². The second-order valence-corrected chi connectivity index (χ2v) is 10.7. The lowest BCUT2D eigenvalue weighted by Gasteiger charge is -2.42. The minimum absolute atomic E-state index is 0.0571.